The van der Waals surface area contributed by atoms with E-state index < -0.39 is 23.0 Å². The largest absolute Gasteiger partial charge is 0.494 e. The van der Waals surface area contributed by atoms with Gasteiger partial charge in [-0.25, -0.2) is 9.59 Å². The summed E-state index contributed by atoms with van der Waals surface area (Å²) in [5, 5.41) is 23.4. The first-order valence-electron chi connectivity index (χ1n) is 13.8. The number of nitro groups is 1. The Morgan fingerprint density at radius 1 is 0.952 bits per heavy atom. The van der Waals surface area contributed by atoms with Gasteiger partial charge in [0.2, 0.25) is 0 Å². The number of carboxylic acid groups (broad SMARTS) is 1. The summed E-state index contributed by atoms with van der Waals surface area (Å²) < 4.78 is 16.9. The number of urea groups is 1. The van der Waals surface area contributed by atoms with Crippen LogP contribution in [0.4, 0.5) is 16.2 Å². The highest BCUT2D eigenvalue weighted by Gasteiger charge is 2.19. The number of hydrogen-bond acceptors (Lipinski definition) is 7. The van der Waals surface area contributed by atoms with Gasteiger partial charge in [0, 0.05) is 36.9 Å². The molecule has 0 aliphatic rings. The van der Waals surface area contributed by atoms with E-state index in [1.54, 1.807) is 55.1 Å². The van der Waals surface area contributed by atoms with E-state index in [9.17, 15) is 24.8 Å². The van der Waals surface area contributed by atoms with Gasteiger partial charge in [0.1, 0.15) is 18.1 Å². The van der Waals surface area contributed by atoms with Crippen molar-refractivity contribution < 1.29 is 33.8 Å². The molecule has 0 bridgehead atoms. The number of nitrogens with zero attached hydrogens (tertiary/aromatic N) is 2. The van der Waals surface area contributed by atoms with Gasteiger partial charge < -0.3 is 29.5 Å². The van der Waals surface area contributed by atoms with Crippen LogP contribution in [0.15, 0.2) is 72.8 Å². The summed E-state index contributed by atoms with van der Waals surface area (Å²) >= 11 is 0. The molecule has 1 atom stereocenters. The second-order valence-corrected chi connectivity index (χ2v) is 9.52. The maximum absolute atomic E-state index is 13.2. The van der Waals surface area contributed by atoms with Crippen LogP contribution in [-0.2, 0) is 16.0 Å². The number of para-hydroxylation sites is 1. The lowest BCUT2D eigenvalue weighted by Gasteiger charge is -2.23. The Hall–Kier alpha value is -4.64. The summed E-state index contributed by atoms with van der Waals surface area (Å²) in [6.07, 6.45) is 0.716. The van der Waals surface area contributed by atoms with Gasteiger partial charge in [-0.1, -0.05) is 36.4 Å². The molecule has 3 aromatic carbocycles. The molecule has 0 aromatic heterocycles. The van der Waals surface area contributed by atoms with Crippen molar-refractivity contribution in [2.24, 2.45) is 0 Å². The van der Waals surface area contributed by atoms with Crippen molar-refractivity contribution in [3.63, 3.8) is 0 Å². The average Bonchev–Trinajstić information content (AvgIpc) is 2.98. The molecule has 0 heterocycles. The van der Waals surface area contributed by atoms with E-state index in [2.05, 4.69) is 5.32 Å². The predicted molar refractivity (Wildman–Crippen MR) is 158 cm³/mol. The van der Waals surface area contributed by atoms with Crippen molar-refractivity contribution in [3.05, 3.63) is 94.0 Å². The molecule has 0 saturated carbocycles. The number of amides is 2. The van der Waals surface area contributed by atoms with Crippen LogP contribution in [0.25, 0.3) is 0 Å². The number of carbonyl (C=O) groups is 2. The van der Waals surface area contributed by atoms with Crippen molar-refractivity contribution in [1.82, 2.24) is 4.90 Å². The van der Waals surface area contributed by atoms with Crippen LogP contribution in [0.5, 0.6) is 11.5 Å². The van der Waals surface area contributed by atoms with Gasteiger partial charge in [-0.3, -0.25) is 10.1 Å². The first kappa shape index (κ1) is 31.9. The Bertz CT molecular complexity index is 1300. The molecule has 1 unspecified atom stereocenters. The zero-order chi connectivity index (χ0) is 30.3. The molecule has 42 heavy (non-hydrogen) atoms. The lowest BCUT2D eigenvalue weighted by atomic mass is 10.1. The molecule has 2 N–H and O–H groups in total. The van der Waals surface area contributed by atoms with Crippen molar-refractivity contribution in [2.45, 2.75) is 39.2 Å². The third-order valence-corrected chi connectivity index (χ3v) is 6.40. The van der Waals surface area contributed by atoms with Gasteiger partial charge in [0.15, 0.2) is 6.10 Å². The van der Waals surface area contributed by atoms with E-state index in [1.807, 2.05) is 30.3 Å². The third-order valence-electron chi connectivity index (χ3n) is 6.40. The Labute approximate surface area is 245 Å². The number of anilines is 1. The number of hydrogen-bond donors (Lipinski definition) is 2. The Morgan fingerprint density at radius 3 is 2.31 bits per heavy atom. The number of nitrogens with one attached hydrogen (secondary N) is 1. The summed E-state index contributed by atoms with van der Waals surface area (Å²) in [6, 6.07) is 20.7. The summed E-state index contributed by atoms with van der Waals surface area (Å²) in [4.78, 5) is 37.0. The topological polar surface area (TPSA) is 140 Å². The van der Waals surface area contributed by atoms with Gasteiger partial charge in [0.05, 0.1) is 18.1 Å². The van der Waals surface area contributed by atoms with Crippen molar-refractivity contribution >= 4 is 23.4 Å². The minimum atomic E-state index is -1.01. The van der Waals surface area contributed by atoms with Gasteiger partial charge in [-0.05, 0) is 62.6 Å². The first-order valence-corrected chi connectivity index (χ1v) is 13.8. The second-order valence-electron chi connectivity index (χ2n) is 9.52. The Morgan fingerprint density at radius 2 is 1.64 bits per heavy atom. The number of carboxylic acids is 1. The maximum Gasteiger partial charge on any atom is 0.333 e. The summed E-state index contributed by atoms with van der Waals surface area (Å²) in [5.74, 6) is 0.346. The van der Waals surface area contributed by atoms with Crippen molar-refractivity contribution in [1.29, 1.82) is 0 Å². The fourth-order valence-corrected chi connectivity index (χ4v) is 4.14. The fraction of sp³-hybridized carbons (Fsp3) is 0.355. The molecule has 0 spiro atoms. The monoisotopic (exact) mass is 579 g/mol. The fourth-order valence-electron chi connectivity index (χ4n) is 4.14. The molecule has 11 heteroatoms. The van der Waals surface area contributed by atoms with Crippen LogP contribution >= 0.6 is 0 Å². The van der Waals surface area contributed by atoms with Gasteiger partial charge in [-0.2, -0.15) is 0 Å². The summed E-state index contributed by atoms with van der Waals surface area (Å²) in [5.41, 5.74) is 1.57. The molecule has 2 amide bonds. The number of nitro benzene ring substituents is 1. The van der Waals surface area contributed by atoms with E-state index in [0.717, 1.165) is 17.7 Å². The van der Waals surface area contributed by atoms with Gasteiger partial charge in [-0.15, -0.1) is 0 Å². The number of unbranched alkanes of at least 4 members (excludes halogenated alkanes) is 1. The van der Waals surface area contributed by atoms with E-state index in [1.165, 1.54) is 6.07 Å². The molecule has 3 aromatic rings. The minimum Gasteiger partial charge on any atom is -0.494 e. The van der Waals surface area contributed by atoms with E-state index in [0.29, 0.717) is 43.2 Å². The van der Waals surface area contributed by atoms with E-state index in [4.69, 9.17) is 14.2 Å². The second kappa shape index (κ2) is 16.6. The van der Waals surface area contributed by atoms with Crippen LogP contribution in [0.3, 0.4) is 0 Å². The van der Waals surface area contributed by atoms with Crippen LogP contribution in [0, 0.1) is 17.0 Å². The average molecular weight is 580 g/mol. The number of ether oxygens (including phenoxy) is 3. The standard InChI is InChI=1S/C31H37N3O8/c1-3-40-29(30(35)36)21-24-12-15-27(16-13-24)42-20-18-33(17-7-8-19-41-26-9-5-4-6-10-26)31(37)32-25-14-11-23(2)28(22-25)34(38)39/h4-6,9-16,22,29H,3,7-8,17-21H2,1-2H3,(H,32,37)(H,35,36). The number of rotatable bonds is 17. The summed E-state index contributed by atoms with van der Waals surface area (Å²) in [6.45, 7) is 5.10. The normalized spacial score (nSPS) is 11.4. The zero-order valence-corrected chi connectivity index (χ0v) is 23.9. The molecule has 0 fully saturated rings. The van der Waals surface area contributed by atoms with Crippen LogP contribution in [0.1, 0.15) is 30.9 Å². The molecule has 3 rings (SSSR count). The van der Waals surface area contributed by atoms with E-state index in [-0.39, 0.29) is 25.3 Å². The van der Waals surface area contributed by atoms with Gasteiger partial charge in [0.25, 0.3) is 5.69 Å². The van der Waals surface area contributed by atoms with Gasteiger partial charge >= 0.3 is 12.0 Å². The zero-order valence-electron chi connectivity index (χ0n) is 23.9. The lowest BCUT2D eigenvalue weighted by Crippen LogP contribution is -2.38. The number of carbonyl (C=O) groups excluding carboxylic acids is 1. The predicted octanol–water partition coefficient (Wildman–Crippen LogP) is 5.71. The smallest absolute Gasteiger partial charge is 0.333 e. The molecule has 11 nitrogen and oxygen atoms in total. The highest BCUT2D eigenvalue weighted by Crippen LogP contribution is 2.23. The first-order chi connectivity index (χ1) is 20.3. The van der Waals surface area contributed by atoms with E-state index >= 15 is 0 Å². The molecular formula is C31H37N3O8. The highest BCUT2D eigenvalue weighted by molar-refractivity contribution is 5.89. The molecular weight excluding hydrogens is 542 g/mol. The Balaban J connectivity index is 1.57. The maximum atomic E-state index is 13.2. The quantitative estimate of drug-likeness (QED) is 0.118. The number of aliphatic carboxylic acids is 1. The van der Waals surface area contributed by atoms with Crippen LogP contribution in [-0.4, -0.2) is 65.9 Å². The molecule has 0 aliphatic carbocycles. The van der Waals surface area contributed by atoms with Crippen molar-refractivity contribution in [2.75, 3.05) is 38.2 Å². The Kier molecular flexibility index (Phi) is 12.6. The van der Waals surface area contributed by atoms with Crippen molar-refractivity contribution in [3.8, 4) is 11.5 Å². The highest BCUT2D eigenvalue weighted by atomic mass is 16.6. The molecule has 0 radical (unpaired) electrons. The number of benzene rings is 3. The molecule has 0 aliphatic heterocycles. The molecule has 224 valence electrons. The van der Waals surface area contributed by atoms with Crippen LogP contribution < -0.4 is 14.8 Å². The minimum absolute atomic E-state index is 0.0693. The number of aryl methyl sites for hydroxylation is 1. The molecule has 0 saturated heterocycles. The summed E-state index contributed by atoms with van der Waals surface area (Å²) in [7, 11) is 0. The third kappa shape index (κ3) is 10.4. The SMILES string of the molecule is CCOC(Cc1ccc(OCCN(CCCCOc2ccccc2)C(=O)Nc2ccc(C)c([N+](=O)[O-])c2)cc1)C(=O)O. The van der Waals surface area contributed by atoms with Crippen LogP contribution in [0.2, 0.25) is 0 Å². The lowest BCUT2D eigenvalue weighted by molar-refractivity contribution is -0.385.